The van der Waals surface area contributed by atoms with Crippen LogP contribution >= 0.6 is 0 Å². The molecule has 0 aromatic heterocycles. The lowest BCUT2D eigenvalue weighted by atomic mass is 10.0. The average Bonchev–Trinajstić information content (AvgIpc) is 2.50. The molecule has 20 heavy (non-hydrogen) atoms. The van der Waals surface area contributed by atoms with Gasteiger partial charge >= 0.3 is 0 Å². The number of para-hydroxylation sites is 1. The van der Waals surface area contributed by atoms with E-state index in [9.17, 15) is 0 Å². The van der Waals surface area contributed by atoms with Gasteiger partial charge in [-0.1, -0.05) is 61.9 Å². The summed E-state index contributed by atoms with van der Waals surface area (Å²) in [4.78, 5) is 0. The van der Waals surface area contributed by atoms with E-state index < -0.39 is 0 Å². The van der Waals surface area contributed by atoms with Gasteiger partial charge in [0.05, 0.1) is 12.6 Å². The van der Waals surface area contributed by atoms with Crippen LogP contribution in [0.1, 0.15) is 30.5 Å². The average molecular weight is 269 g/mol. The van der Waals surface area contributed by atoms with Crippen LogP contribution in [0.3, 0.4) is 0 Å². The molecule has 106 valence electrons. The Kier molecular flexibility index (Phi) is 5.63. The van der Waals surface area contributed by atoms with Gasteiger partial charge in [-0.2, -0.15) is 0 Å². The van der Waals surface area contributed by atoms with Crippen LogP contribution in [0.25, 0.3) is 0 Å². The Labute approximate surface area is 121 Å². The molecule has 1 N–H and O–H groups in total. The third-order valence-electron chi connectivity index (χ3n) is 3.40. The molecule has 1 atom stereocenters. The van der Waals surface area contributed by atoms with Crippen LogP contribution in [-0.2, 0) is 11.2 Å². The van der Waals surface area contributed by atoms with Crippen LogP contribution in [0.15, 0.2) is 54.6 Å². The molecule has 0 aliphatic rings. The molecule has 0 heterocycles. The van der Waals surface area contributed by atoms with E-state index in [1.807, 2.05) is 6.07 Å². The summed E-state index contributed by atoms with van der Waals surface area (Å²) >= 11 is 0. The molecule has 0 spiro atoms. The predicted molar refractivity (Wildman–Crippen MR) is 85.1 cm³/mol. The number of hydrogen-bond acceptors (Lipinski definition) is 2. The summed E-state index contributed by atoms with van der Waals surface area (Å²) < 4.78 is 5.37. The quantitative estimate of drug-likeness (QED) is 0.802. The van der Waals surface area contributed by atoms with Gasteiger partial charge in [0.15, 0.2) is 0 Å². The van der Waals surface area contributed by atoms with Crippen molar-refractivity contribution in [1.82, 2.24) is 0 Å². The highest BCUT2D eigenvalue weighted by Gasteiger charge is 2.12. The molecule has 2 rings (SSSR count). The Hall–Kier alpha value is -1.80. The molecule has 0 aliphatic carbocycles. The highest BCUT2D eigenvalue weighted by atomic mass is 16.5. The minimum absolute atomic E-state index is 0.180. The Morgan fingerprint density at radius 2 is 1.70 bits per heavy atom. The van der Waals surface area contributed by atoms with Crippen molar-refractivity contribution in [2.24, 2.45) is 0 Å². The number of benzene rings is 2. The van der Waals surface area contributed by atoms with Gasteiger partial charge in [-0.3, -0.25) is 0 Å². The lowest BCUT2D eigenvalue weighted by molar-refractivity contribution is 0.186. The summed E-state index contributed by atoms with van der Waals surface area (Å²) in [7, 11) is 1.75. The fourth-order valence-corrected chi connectivity index (χ4v) is 2.41. The highest BCUT2D eigenvalue weighted by Crippen LogP contribution is 2.23. The molecular weight excluding hydrogens is 246 g/mol. The Balaban J connectivity index is 2.20. The second-order valence-corrected chi connectivity index (χ2v) is 4.97. The molecule has 0 bridgehead atoms. The minimum Gasteiger partial charge on any atom is -0.382 e. The second kappa shape index (κ2) is 7.71. The lowest BCUT2D eigenvalue weighted by Gasteiger charge is -2.21. The molecule has 0 aliphatic heterocycles. The summed E-state index contributed by atoms with van der Waals surface area (Å²) in [6.45, 7) is 2.87. The van der Waals surface area contributed by atoms with Crippen LogP contribution in [0.2, 0.25) is 0 Å². The van der Waals surface area contributed by atoms with Crippen LogP contribution in [0.5, 0.6) is 0 Å². The van der Waals surface area contributed by atoms with Gasteiger partial charge in [0.1, 0.15) is 0 Å². The van der Waals surface area contributed by atoms with E-state index in [0.717, 1.165) is 12.8 Å². The monoisotopic (exact) mass is 269 g/mol. The Morgan fingerprint density at radius 3 is 2.40 bits per heavy atom. The van der Waals surface area contributed by atoms with Gasteiger partial charge in [0.2, 0.25) is 0 Å². The van der Waals surface area contributed by atoms with Gasteiger partial charge < -0.3 is 10.1 Å². The number of anilines is 1. The first-order valence-corrected chi connectivity index (χ1v) is 7.23. The van der Waals surface area contributed by atoms with Gasteiger partial charge in [-0.25, -0.2) is 0 Å². The summed E-state index contributed by atoms with van der Waals surface area (Å²) in [5.41, 5.74) is 3.83. The normalized spacial score (nSPS) is 12.1. The van der Waals surface area contributed by atoms with Crippen molar-refractivity contribution in [2.45, 2.75) is 25.8 Å². The number of ether oxygens (including phenoxy) is 1. The topological polar surface area (TPSA) is 21.3 Å². The molecule has 2 aromatic rings. The molecule has 0 radical (unpaired) electrons. The van der Waals surface area contributed by atoms with Crippen molar-refractivity contribution in [3.05, 3.63) is 65.7 Å². The molecule has 0 fully saturated rings. The van der Waals surface area contributed by atoms with Gasteiger partial charge in [-0.15, -0.1) is 0 Å². The maximum atomic E-state index is 5.37. The second-order valence-electron chi connectivity index (χ2n) is 4.97. The molecule has 0 saturated heterocycles. The van der Waals surface area contributed by atoms with Crippen molar-refractivity contribution in [1.29, 1.82) is 0 Å². The zero-order valence-electron chi connectivity index (χ0n) is 12.3. The lowest BCUT2D eigenvalue weighted by Crippen LogP contribution is -2.17. The van der Waals surface area contributed by atoms with Crippen molar-refractivity contribution in [3.63, 3.8) is 0 Å². The van der Waals surface area contributed by atoms with Crippen LogP contribution in [-0.4, -0.2) is 13.7 Å². The Bertz CT molecular complexity index is 510. The number of methoxy groups -OCH3 is 1. The molecule has 2 nitrogen and oxygen atoms in total. The third kappa shape index (κ3) is 3.84. The van der Waals surface area contributed by atoms with Crippen LogP contribution in [0, 0.1) is 0 Å². The highest BCUT2D eigenvalue weighted by molar-refractivity contribution is 5.52. The maximum absolute atomic E-state index is 5.37. The van der Waals surface area contributed by atoms with E-state index in [2.05, 4.69) is 60.8 Å². The van der Waals surface area contributed by atoms with Gasteiger partial charge in [0.25, 0.3) is 0 Å². The number of nitrogens with one attached hydrogen (secondary N) is 1. The van der Waals surface area contributed by atoms with E-state index in [-0.39, 0.29) is 6.04 Å². The molecule has 2 heteroatoms. The zero-order chi connectivity index (χ0) is 14.2. The van der Waals surface area contributed by atoms with Crippen molar-refractivity contribution in [2.75, 3.05) is 19.0 Å². The molecule has 0 amide bonds. The minimum atomic E-state index is 0.180. The molecule has 1 unspecified atom stereocenters. The fourth-order valence-electron chi connectivity index (χ4n) is 2.41. The third-order valence-corrected chi connectivity index (χ3v) is 3.40. The summed E-state index contributed by atoms with van der Waals surface area (Å²) in [6.07, 6.45) is 2.25. The SMILES string of the molecule is CCCc1ccccc1NC(COC)c1ccccc1. The van der Waals surface area contributed by atoms with Crippen molar-refractivity contribution in [3.8, 4) is 0 Å². The van der Waals surface area contributed by atoms with Gasteiger partial charge in [0, 0.05) is 12.8 Å². The first-order chi connectivity index (χ1) is 9.85. The first-order valence-electron chi connectivity index (χ1n) is 7.23. The van der Waals surface area contributed by atoms with Crippen LogP contribution in [0.4, 0.5) is 5.69 Å². The number of rotatable bonds is 7. The van der Waals surface area contributed by atoms with E-state index in [1.54, 1.807) is 7.11 Å². The fraction of sp³-hybridized carbons (Fsp3) is 0.333. The summed E-state index contributed by atoms with van der Waals surface area (Å²) in [5.74, 6) is 0. The maximum Gasteiger partial charge on any atom is 0.0747 e. The molecular formula is C18H23NO. The zero-order valence-corrected chi connectivity index (χ0v) is 12.3. The standard InChI is InChI=1S/C18H23NO/c1-3-9-15-12-7-8-13-17(15)19-18(14-20-2)16-10-5-4-6-11-16/h4-8,10-13,18-19H,3,9,14H2,1-2H3. The largest absolute Gasteiger partial charge is 0.382 e. The number of hydrogen-bond donors (Lipinski definition) is 1. The molecule has 0 saturated carbocycles. The number of aryl methyl sites for hydroxylation is 1. The van der Waals surface area contributed by atoms with Crippen LogP contribution < -0.4 is 5.32 Å². The van der Waals surface area contributed by atoms with Crippen molar-refractivity contribution < 1.29 is 4.74 Å². The van der Waals surface area contributed by atoms with E-state index in [0.29, 0.717) is 6.61 Å². The molecule has 2 aromatic carbocycles. The van der Waals surface area contributed by atoms with E-state index in [4.69, 9.17) is 4.74 Å². The first kappa shape index (κ1) is 14.6. The van der Waals surface area contributed by atoms with Gasteiger partial charge in [-0.05, 0) is 23.6 Å². The summed E-state index contributed by atoms with van der Waals surface area (Å²) in [6, 6.07) is 19.2. The summed E-state index contributed by atoms with van der Waals surface area (Å²) in [5, 5.41) is 3.62. The van der Waals surface area contributed by atoms with E-state index in [1.165, 1.54) is 16.8 Å². The van der Waals surface area contributed by atoms with Crippen molar-refractivity contribution >= 4 is 5.69 Å². The Morgan fingerprint density at radius 1 is 1.00 bits per heavy atom. The van der Waals surface area contributed by atoms with E-state index >= 15 is 0 Å². The smallest absolute Gasteiger partial charge is 0.0747 e. The predicted octanol–water partition coefficient (Wildman–Crippen LogP) is 4.44.